The number of nitrogens with zero attached hydrogens (tertiary/aromatic N) is 2. The van der Waals surface area contributed by atoms with Crippen LogP contribution in [-0.2, 0) is 4.74 Å². The van der Waals surface area contributed by atoms with Gasteiger partial charge in [0.1, 0.15) is 30.3 Å². The Kier molecular flexibility index (Phi) is 3.48. The van der Waals surface area contributed by atoms with Crippen LogP contribution in [0.5, 0.6) is 0 Å². The second kappa shape index (κ2) is 4.90. The number of ether oxygens (including phenoxy) is 1. The number of nitrogens with two attached hydrogens (primary N) is 2. The maximum absolute atomic E-state index is 9.72. The molecule has 2 rings (SSSR count). The lowest BCUT2D eigenvalue weighted by atomic mass is 10.1. The standard InChI is InChI=1S/C9H15N5O4/c10-4-7(11)12-2-13-8(4)14-9-6(17)5(16)3(1-15)18-9/h2-3,5-6,9,15-17H,1,10H2,(H3,11,12,13,14)/t3-,5-,6-,9-/m1/s1. The SMILES string of the molecule is Nc1ncnc(N[C@@H]2O[C@H](CO)[C@@H](O)[C@H]2O)c1N. The van der Waals surface area contributed by atoms with Crippen molar-refractivity contribution < 1.29 is 20.1 Å². The Hall–Kier alpha value is -1.68. The van der Waals surface area contributed by atoms with E-state index in [-0.39, 0.29) is 17.3 Å². The molecule has 18 heavy (non-hydrogen) atoms. The van der Waals surface area contributed by atoms with Gasteiger partial charge in [0, 0.05) is 0 Å². The minimum Gasteiger partial charge on any atom is -0.394 e. The molecule has 0 unspecified atom stereocenters. The molecule has 1 aliphatic rings. The van der Waals surface area contributed by atoms with Gasteiger partial charge >= 0.3 is 0 Å². The average molecular weight is 257 g/mol. The maximum Gasteiger partial charge on any atom is 0.158 e. The van der Waals surface area contributed by atoms with Crippen molar-refractivity contribution in [1.29, 1.82) is 0 Å². The zero-order chi connectivity index (χ0) is 13.3. The van der Waals surface area contributed by atoms with Crippen LogP contribution in [-0.4, -0.2) is 56.4 Å². The van der Waals surface area contributed by atoms with Gasteiger partial charge in [0.05, 0.1) is 6.61 Å². The fourth-order valence-electron chi connectivity index (χ4n) is 1.68. The Labute approximate surface area is 102 Å². The molecule has 1 aromatic heterocycles. The number of anilines is 3. The summed E-state index contributed by atoms with van der Waals surface area (Å²) in [5.41, 5.74) is 11.3. The van der Waals surface area contributed by atoms with E-state index in [1.165, 1.54) is 6.33 Å². The molecule has 9 nitrogen and oxygen atoms in total. The molecular weight excluding hydrogens is 242 g/mol. The summed E-state index contributed by atoms with van der Waals surface area (Å²) in [6.07, 6.45) is -2.99. The normalized spacial score (nSPS) is 31.5. The van der Waals surface area contributed by atoms with Crippen LogP contribution >= 0.6 is 0 Å². The molecule has 2 heterocycles. The number of aliphatic hydroxyl groups is 3. The van der Waals surface area contributed by atoms with E-state index in [1.807, 2.05) is 0 Å². The van der Waals surface area contributed by atoms with Crippen LogP contribution in [0, 0.1) is 0 Å². The largest absolute Gasteiger partial charge is 0.394 e. The Morgan fingerprint density at radius 1 is 1.28 bits per heavy atom. The summed E-state index contributed by atoms with van der Waals surface area (Å²) in [7, 11) is 0. The lowest BCUT2D eigenvalue weighted by molar-refractivity contribution is -0.0153. The van der Waals surface area contributed by atoms with Gasteiger partial charge in [0.2, 0.25) is 0 Å². The summed E-state index contributed by atoms with van der Waals surface area (Å²) in [6, 6.07) is 0. The highest BCUT2D eigenvalue weighted by Crippen LogP contribution is 2.26. The van der Waals surface area contributed by atoms with Crippen LogP contribution in [0.15, 0.2) is 6.33 Å². The van der Waals surface area contributed by atoms with E-state index in [9.17, 15) is 10.2 Å². The van der Waals surface area contributed by atoms with Gasteiger partial charge in [0.25, 0.3) is 0 Å². The summed E-state index contributed by atoms with van der Waals surface area (Å²) < 4.78 is 5.22. The molecule has 1 saturated heterocycles. The van der Waals surface area contributed by atoms with E-state index < -0.39 is 31.1 Å². The molecule has 0 aliphatic carbocycles. The highest BCUT2D eigenvalue weighted by atomic mass is 16.6. The molecule has 0 bridgehead atoms. The Morgan fingerprint density at radius 2 is 2.00 bits per heavy atom. The molecule has 0 amide bonds. The van der Waals surface area contributed by atoms with Crippen molar-refractivity contribution in [3.63, 3.8) is 0 Å². The monoisotopic (exact) mass is 257 g/mol. The summed E-state index contributed by atoms with van der Waals surface area (Å²) in [6.45, 7) is -0.405. The molecule has 8 N–H and O–H groups in total. The third kappa shape index (κ3) is 2.16. The summed E-state index contributed by atoms with van der Waals surface area (Å²) >= 11 is 0. The molecule has 0 radical (unpaired) electrons. The fraction of sp³-hybridized carbons (Fsp3) is 0.556. The first-order valence-corrected chi connectivity index (χ1v) is 5.29. The topological polar surface area (TPSA) is 160 Å². The molecule has 1 aromatic rings. The molecule has 0 spiro atoms. The van der Waals surface area contributed by atoms with Crippen molar-refractivity contribution in [3.8, 4) is 0 Å². The highest BCUT2D eigenvalue weighted by Gasteiger charge is 2.42. The fourth-order valence-corrected chi connectivity index (χ4v) is 1.68. The first-order valence-electron chi connectivity index (χ1n) is 5.29. The van der Waals surface area contributed by atoms with Crippen LogP contribution in [0.25, 0.3) is 0 Å². The smallest absolute Gasteiger partial charge is 0.158 e. The lowest BCUT2D eigenvalue weighted by Gasteiger charge is -2.18. The van der Waals surface area contributed by atoms with Gasteiger partial charge in [-0.15, -0.1) is 0 Å². The van der Waals surface area contributed by atoms with Crippen LogP contribution < -0.4 is 16.8 Å². The molecule has 0 saturated carbocycles. The van der Waals surface area contributed by atoms with Crippen molar-refractivity contribution in [2.75, 3.05) is 23.4 Å². The van der Waals surface area contributed by atoms with Crippen LogP contribution in [0.1, 0.15) is 0 Å². The number of aliphatic hydroxyl groups excluding tert-OH is 3. The van der Waals surface area contributed by atoms with E-state index in [2.05, 4.69) is 15.3 Å². The first kappa shape index (κ1) is 12.8. The van der Waals surface area contributed by atoms with Gasteiger partial charge < -0.3 is 36.8 Å². The Bertz CT molecular complexity index is 431. The molecule has 9 heteroatoms. The van der Waals surface area contributed by atoms with E-state index >= 15 is 0 Å². The Balaban J connectivity index is 2.13. The first-order chi connectivity index (χ1) is 8.54. The van der Waals surface area contributed by atoms with Crippen molar-refractivity contribution in [2.24, 2.45) is 0 Å². The number of nitrogens with one attached hydrogen (secondary N) is 1. The summed E-state index contributed by atoms with van der Waals surface area (Å²) in [5, 5.41) is 30.9. The van der Waals surface area contributed by atoms with E-state index in [4.69, 9.17) is 21.3 Å². The number of aromatic nitrogens is 2. The van der Waals surface area contributed by atoms with Crippen molar-refractivity contribution in [1.82, 2.24) is 9.97 Å². The molecule has 4 atom stereocenters. The maximum atomic E-state index is 9.72. The van der Waals surface area contributed by atoms with E-state index in [0.29, 0.717) is 0 Å². The molecule has 100 valence electrons. The van der Waals surface area contributed by atoms with Crippen molar-refractivity contribution >= 4 is 17.3 Å². The highest BCUT2D eigenvalue weighted by molar-refractivity contribution is 5.72. The number of nitrogen functional groups attached to an aromatic ring is 2. The lowest BCUT2D eigenvalue weighted by Crippen LogP contribution is -2.36. The van der Waals surface area contributed by atoms with Gasteiger partial charge in [-0.25, -0.2) is 9.97 Å². The van der Waals surface area contributed by atoms with E-state index in [0.717, 1.165) is 0 Å². The predicted molar refractivity (Wildman–Crippen MR) is 62.2 cm³/mol. The molecule has 0 aromatic carbocycles. The summed E-state index contributed by atoms with van der Waals surface area (Å²) in [4.78, 5) is 7.54. The number of hydrogen-bond donors (Lipinski definition) is 6. The van der Waals surface area contributed by atoms with Crippen LogP contribution in [0.2, 0.25) is 0 Å². The predicted octanol–water partition coefficient (Wildman–Crippen LogP) is -2.51. The van der Waals surface area contributed by atoms with Crippen molar-refractivity contribution in [2.45, 2.75) is 24.5 Å². The molecular formula is C9H15N5O4. The van der Waals surface area contributed by atoms with Gasteiger partial charge in [-0.3, -0.25) is 0 Å². The second-order valence-corrected chi connectivity index (χ2v) is 3.92. The van der Waals surface area contributed by atoms with Gasteiger partial charge in [-0.1, -0.05) is 0 Å². The van der Waals surface area contributed by atoms with Crippen LogP contribution in [0.3, 0.4) is 0 Å². The quantitative estimate of drug-likeness (QED) is 0.343. The number of hydrogen-bond acceptors (Lipinski definition) is 9. The molecule has 1 aliphatic heterocycles. The summed E-state index contributed by atoms with van der Waals surface area (Å²) in [5.74, 6) is 0.289. The second-order valence-electron chi connectivity index (χ2n) is 3.92. The van der Waals surface area contributed by atoms with E-state index in [1.54, 1.807) is 0 Å². The van der Waals surface area contributed by atoms with Crippen LogP contribution in [0.4, 0.5) is 17.3 Å². The van der Waals surface area contributed by atoms with Gasteiger partial charge in [-0.2, -0.15) is 0 Å². The zero-order valence-corrected chi connectivity index (χ0v) is 9.39. The minimum absolute atomic E-state index is 0.0965. The third-order valence-corrected chi connectivity index (χ3v) is 2.74. The number of rotatable bonds is 3. The van der Waals surface area contributed by atoms with Crippen molar-refractivity contribution in [3.05, 3.63) is 6.33 Å². The minimum atomic E-state index is -1.21. The Morgan fingerprint density at radius 3 is 2.61 bits per heavy atom. The van der Waals surface area contributed by atoms with Gasteiger partial charge in [-0.05, 0) is 0 Å². The zero-order valence-electron chi connectivity index (χ0n) is 9.39. The average Bonchev–Trinajstić information content (AvgIpc) is 2.63. The third-order valence-electron chi connectivity index (χ3n) is 2.74. The van der Waals surface area contributed by atoms with Gasteiger partial charge in [0.15, 0.2) is 17.9 Å². The molecule has 1 fully saturated rings.